The van der Waals surface area contributed by atoms with Gasteiger partial charge in [-0.3, -0.25) is 0 Å². The van der Waals surface area contributed by atoms with Gasteiger partial charge in [0.05, 0.1) is 6.61 Å². The second-order valence-electron chi connectivity index (χ2n) is 2.36. The van der Waals surface area contributed by atoms with Gasteiger partial charge < -0.3 is 55.1 Å². The molecule has 4 atom stereocenters. The summed E-state index contributed by atoms with van der Waals surface area (Å²) in [6, 6.07) is 0. The van der Waals surface area contributed by atoms with Crippen LogP contribution in [-0.4, -0.2) is 85.9 Å². The van der Waals surface area contributed by atoms with Gasteiger partial charge in [-0.25, -0.2) is 0 Å². The van der Waals surface area contributed by atoms with Crippen molar-refractivity contribution in [2.75, 3.05) is 6.61 Å². The van der Waals surface area contributed by atoms with Crippen molar-refractivity contribution in [1.82, 2.24) is 0 Å². The van der Waals surface area contributed by atoms with Gasteiger partial charge in [-0.15, -0.1) is 0 Å². The predicted octanol–water partition coefficient (Wildman–Crippen LogP) is -9.75. The van der Waals surface area contributed by atoms with Crippen molar-refractivity contribution in [3.05, 3.63) is 0 Å². The maximum Gasteiger partial charge on any atom is 2.00 e. The molecule has 0 saturated heterocycles. The van der Waals surface area contributed by atoms with E-state index in [-0.39, 0.29) is 54.2 Å². The van der Waals surface area contributed by atoms with Crippen LogP contribution in [0.5, 0.6) is 0 Å². The maximum atomic E-state index is 9.90. The number of halogens is 2. The second-order valence-corrected chi connectivity index (χ2v) is 2.36. The molecule has 6 nitrogen and oxygen atoms in total. The quantitative estimate of drug-likeness (QED) is 0.251. The van der Waals surface area contributed by atoms with E-state index in [1.807, 2.05) is 0 Å². The molecular formula is C6H12Cl2MgO6. The third kappa shape index (κ3) is 8.61. The molecule has 0 aliphatic carbocycles. The van der Waals surface area contributed by atoms with Gasteiger partial charge in [0.15, 0.2) is 6.29 Å². The summed E-state index contributed by atoms with van der Waals surface area (Å²) in [5.41, 5.74) is 0. The molecule has 0 aliphatic heterocycles. The van der Waals surface area contributed by atoms with E-state index in [9.17, 15) is 4.79 Å². The number of hydrogen-bond donors (Lipinski definition) is 5. The number of aliphatic hydroxyl groups excluding tert-OH is 5. The van der Waals surface area contributed by atoms with E-state index in [1.165, 1.54) is 0 Å². The Labute approximate surface area is 115 Å². The topological polar surface area (TPSA) is 118 Å². The van der Waals surface area contributed by atoms with Crippen molar-refractivity contribution in [3.63, 3.8) is 0 Å². The summed E-state index contributed by atoms with van der Waals surface area (Å²) >= 11 is 0. The Morgan fingerprint density at radius 3 is 1.67 bits per heavy atom. The summed E-state index contributed by atoms with van der Waals surface area (Å²) in [4.78, 5) is 9.90. The van der Waals surface area contributed by atoms with E-state index >= 15 is 0 Å². The molecule has 0 fully saturated rings. The van der Waals surface area contributed by atoms with E-state index in [0.717, 1.165) is 0 Å². The van der Waals surface area contributed by atoms with Gasteiger partial charge in [-0.05, 0) is 0 Å². The molecule has 0 aromatic carbocycles. The standard InChI is InChI=1S/C6H12O6.2ClH.Mg/c7-1-3(9)5(11)6(12)4(10)2-8;;;/h1,3-6,8-12H,2H2;2*1H;/q;;;+2/p-2/t3-,4+,5+,6+;;;/m0.../s1. The third-order valence-electron chi connectivity index (χ3n) is 1.42. The van der Waals surface area contributed by atoms with Crippen molar-refractivity contribution < 1.29 is 55.1 Å². The smallest absolute Gasteiger partial charge is 1.00 e. The molecular weight excluding hydrogens is 263 g/mol. The van der Waals surface area contributed by atoms with Gasteiger partial charge >= 0.3 is 23.1 Å². The van der Waals surface area contributed by atoms with Crippen LogP contribution < -0.4 is 24.8 Å². The van der Waals surface area contributed by atoms with Crippen molar-refractivity contribution >= 4 is 29.3 Å². The molecule has 0 radical (unpaired) electrons. The largest absolute Gasteiger partial charge is 2.00 e. The predicted molar refractivity (Wildman–Crippen MR) is 42.9 cm³/mol. The monoisotopic (exact) mass is 274 g/mol. The minimum atomic E-state index is -1.79. The Bertz CT molecular complexity index is 152. The van der Waals surface area contributed by atoms with E-state index in [4.69, 9.17) is 25.5 Å². The molecule has 0 heterocycles. The normalized spacial score (nSPS) is 16.9. The molecule has 0 aliphatic rings. The van der Waals surface area contributed by atoms with Crippen LogP contribution in [0.25, 0.3) is 0 Å². The van der Waals surface area contributed by atoms with Gasteiger partial charge in [-0.1, -0.05) is 0 Å². The van der Waals surface area contributed by atoms with Crippen LogP contribution in [-0.2, 0) is 4.79 Å². The minimum Gasteiger partial charge on any atom is -1.00 e. The average Bonchev–Trinajstić information content (AvgIpc) is 2.12. The van der Waals surface area contributed by atoms with E-state index in [1.54, 1.807) is 0 Å². The number of rotatable bonds is 5. The summed E-state index contributed by atoms with van der Waals surface area (Å²) in [5, 5.41) is 43.5. The summed E-state index contributed by atoms with van der Waals surface area (Å²) in [6.07, 6.45) is -6.84. The molecule has 9 heteroatoms. The van der Waals surface area contributed by atoms with Crippen LogP contribution in [0.4, 0.5) is 0 Å². The van der Waals surface area contributed by atoms with Crippen LogP contribution in [0.2, 0.25) is 0 Å². The van der Waals surface area contributed by atoms with Gasteiger partial charge in [0.25, 0.3) is 0 Å². The molecule has 15 heavy (non-hydrogen) atoms. The Morgan fingerprint density at radius 1 is 1.00 bits per heavy atom. The molecule has 0 rings (SSSR count). The van der Waals surface area contributed by atoms with Crippen LogP contribution in [0.1, 0.15) is 0 Å². The number of aldehydes is 1. The molecule has 0 amide bonds. The van der Waals surface area contributed by atoms with E-state index in [0.29, 0.717) is 0 Å². The van der Waals surface area contributed by atoms with Crippen LogP contribution in [0.3, 0.4) is 0 Å². The Hall–Kier alpha value is 0.816. The number of carbonyl (C=O) groups excluding carboxylic acids is 1. The van der Waals surface area contributed by atoms with Crippen LogP contribution in [0, 0.1) is 0 Å². The van der Waals surface area contributed by atoms with Crippen molar-refractivity contribution in [2.24, 2.45) is 0 Å². The molecule has 0 spiro atoms. The fourth-order valence-electron chi connectivity index (χ4n) is 0.618. The van der Waals surface area contributed by atoms with Gasteiger partial charge in [-0.2, -0.15) is 0 Å². The SMILES string of the molecule is O=C[C@H](O)[C@@H](O)[C@H](O)[C@H](O)CO.[Cl-].[Cl-].[Mg+2]. The first-order chi connectivity index (χ1) is 5.54. The molecule has 0 unspecified atom stereocenters. The fraction of sp³-hybridized carbons (Fsp3) is 0.833. The van der Waals surface area contributed by atoms with E-state index < -0.39 is 31.0 Å². The first-order valence-electron chi connectivity index (χ1n) is 3.33. The fourth-order valence-corrected chi connectivity index (χ4v) is 0.618. The second kappa shape index (κ2) is 12.9. The summed E-state index contributed by atoms with van der Waals surface area (Å²) in [5.74, 6) is 0. The Balaban J connectivity index is -0.000000202. The van der Waals surface area contributed by atoms with Crippen molar-refractivity contribution in [1.29, 1.82) is 0 Å². The molecule has 0 aromatic rings. The van der Waals surface area contributed by atoms with E-state index in [2.05, 4.69) is 0 Å². The maximum absolute atomic E-state index is 9.90. The molecule has 0 bridgehead atoms. The number of aliphatic hydroxyl groups is 5. The van der Waals surface area contributed by atoms with Gasteiger partial charge in [0, 0.05) is 0 Å². The van der Waals surface area contributed by atoms with Crippen LogP contribution >= 0.6 is 0 Å². The first kappa shape index (κ1) is 24.9. The average molecular weight is 275 g/mol. The molecule has 88 valence electrons. The van der Waals surface area contributed by atoms with Gasteiger partial charge in [0.2, 0.25) is 0 Å². The van der Waals surface area contributed by atoms with Crippen molar-refractivity contribution in [2.45, 2.75) is 24.4 Å². The molecule has 0 aromatic heterocycles. The molecule has 5 N–H and O–H groups in total. The molecule has 0 saturated carbocycles. The Kier molecular flexibility index (Phi) is 21.4. The summed E-state index contributed by atoms with van der Waals surface area (Å²) < 4.78 is 0. The zero-order chi connectivity index (χ0) is 9.72. The first-order valence-corrected chi connectivity index (χ1v) is 3.33. The summed E-state index contributed by atoms with van der Waals surface area (Å²) in [7, 11) is 0. The summed E-state index contributed by atoms with van der Waals surface area (Å²) in [6.45, 7) is -0.760. The minimum absolute atomic E-state index is 0. The number of carbonyl (C=O) groups is 1. The number of hydrogen-bond acceptors (Lipinski definition) is 6. The van der Waals surface area contributed by atoms with Crippen LogP contribution in [0.15, 0.2) is 0 Å². The zero-order valence-electron chi connectivity index (χ0n) is 7.70. The zero-order valence-corrected chi connectivity index (χ0v) is 10.6. The van der Waals surface area contributed by atoms with Crippen molar-refractivity contribution in [3.8, 4) is 0 Å². The Morgan fingerprint density at radius 2 is 1.40 bits per heavy atom. The van der Waals surface area contributed by atoms with Gasteiger partial charge in [0.1, 0.15) is 24.4 Å². The third-order valence-corrected chi connectivity index (χ3v) is 1.42.